The van der Waals surface area contributed by atoms with E-state index in [2.05, 4.69) is 0 Å². The van der Waals surface area contributed by atoms with Crippen LogP contribution in [0.4, 0.5) is 8.78 Å². The normalized spacial score (nSPS) is 27.2. The summed E-state index contributed by atoms with van der Waals surface area (Å²) in [6.07, 6.45) is -0.0248. The number of hydrogen-bond acceptors (Lipinski definition) is 2. The maximum Gasteiger partial charge on any atom is 0.163 e. The van der Waals surface area contributed by atoms with Gasteiger partial charge in [0, 0.05) is 12.1 Å². The van der Waals surface area contributed by atoms with Crippen LogP contribution < -0.4 is 0 Å². The molecule has 2 nitrogen and oxygen atoms in total. The third-order valence-electron chi connectivity index (χ3n) is 2.92. The Bertz CT molecular complexity index is 360. The molecule has 1 aliphatic rings. The second-order valence-electron chi connectivity index (χ2n) is 3.92. The first kappa shape index (κ1) is 10.5. The summed E-state index contributed by atoms with van der Waals surface area (Å²) in [5, 5.41) is 9.70. The summed E-state index contributed by atoms with van der Waals surface area (Å²) in [6, 6.07) is 3.64. The van der Waals surface area contributed by atoms with E-state index in [1.54, 1.807) is 7.05 Å². The van der Waals surface area contributed by atoms with E-state index in [1.807, 2.05) is 4.90 Å². The van der Waals surface area contributed by atoms with Crippen molar-refractivity contribution in [2.75, 3.05) is 13.6 Å². The zero-order valence-corrected chi connectivity index (χ0v) is 8.45. The average Bonchev–Trinajstić information content (AvgIpc) is 2.52. The average molecular weight is 213 g/mol. The van der Waals surface area contributed by atoms with Crippen LogP contribution in [0.25, 0.3) is 0 Å². The summed E-state index contributed by atoms with van der Waals surface area (Å²) in [5.41, 5.74) is 0.238. The van der Waals surface area contributed by atoms with Crippen LogP contribution in [-0.2, 0) is 0 Å². The summed E-state index contributed by atoms with van der Waals surface area (Å²) in [7, 11) is 1.80. The van der Waals surface area contributed by atoms with Crippen LogP contribution in [0.5, 0.6) is 0 Å². The van der Waals surface area contributed by atoms with Crippen LogP contribution in [0.3, 0.4) is 0 Å². The molecule has 4 heteroatoms. The Hall–Kier alpha value is -1.00. The van der Waals surface area contributed by atoms with E-state index in [-0.39, 0.29) is 5.56 Å². The Balaban J connectivity index is 2.40. The highest BCUT2D eigenvalue weighted by molar-refractivity contribution is 5.24. The highest BCUT2D eigenvalue weighted by Crippen LogP contribution is 2.32. The Morgan fingerprint density at radius 1 is 1.40 bits per heavy atom. The number of hydrogen-bond donors (Lipinski definition) is 1. The zero-order chi connectivity index (χ0) is 11.0. The number of halogens is 2. The summed E-state index contributed by atoms with van der Waals surface area (Å²) in [4.78, 5) is 1.84. The topological polar surface area (TPSA) is 23.5 Å². The molecule has 0 bridgehead atoms. The fraction of sp³-hybridized carbons (Fsp3) is 0.455. The molecule has 0 spiro atoms. The first-order chi connectivity index (χ1) is 7.11. The van der Waals surface area contributed by atoms with Crippen LogP contribution in [0.1, 0.15) is 18.0 Å². The lowest BCUT2D eigenvalue weighted by Gasteiger charge is -2.22. The lowest BCUT2D eigenvalue weighted by molar-refractivity contribution is 0.125. The summed E-state index contributed by atoms with van der Waals surface area (Å²) in [6.45, 7) is 0.696. The number of likely N-dealkylation sites (tertiary alicyclic amines) is 1. The van der Waals surface area contributed by atoms with Crippen molar-refractivity contribution in [3.8, 4) is 0 Å². The molecule has 1 aromatic rings. The minimum absolute atomic E-state index is 0.238. The molecule has 2 atom stereocenters. The molecule has 2 rings (SSSR count). The van der Waals surface area contributed by atoms with Crippen molar-refractivity contribution in [2.24, 2.45) is 0 Å². The Kier molecular flexibility index (Phi) is 2.71. The Morgan fingerprint density at radius 3 is 2.73 bits per heavy atom. The molecule has 1 saturated heterocycles. The monoisotopic (exact) mass is 213 g/mol. The number of aliphatic hydroxyl groups excluding tert-OH is 1. The van der Waals surface area contributed by atoms with Gasteiger partial charge in [-0.05, 0) is 19.5 Å². The van der Waals surface area contributed by atoms with Crippen LogP contribution in [0, 0.1) is 11.6 Å². The lowest BCUT2D eigenvalue weighted by atomic mass is 10.0. The smallest absolute Gasteiger partial charge is 0.163 e. The second-order valence-corrected chi connectivity index (χ2v) is 3.92. The molecule has 15 heavy (non-hydrogen) atoms. The van der Waals surface area contributed by atoms with Gasteiger partial charge in [0.05, 0.1) is 12.1 Å². The molecule has 1 aliphatic heterocycles. The van der Waals surface area contributed by atoms with E-state index in [9.17, 15) is 13.9 Å². The number of rotatable bonds is 1. The van der Waals surface area contributed by atoms with Gasteiger partial charge in [-0.3, -0.25) is 4.90 Å². The third-order valence-corrected chi connectivity index (χ3v) is 2.92. The molecule has 0 radical (unpaired) electrons. The van der Waals surface area contributed by atoms with Gasteiger partial charge in [0.15, 0.2) is 11.6 Å². The molecule has 0 aliphatic carbocycles. The molecule has 2 unspecified atom stereocenters. The van der Waals surface area contributed by atoms with Gasteiger partial charge in [0.25, 0.3) is 0 Å². The first-order valence-corrected chi connectivity index (χ1v) is 4.93. The maximum atomic E-state index is 13.5. The van der Waals surface area contributed by atoms with Gasteiger partial charge in [-0.1, -0.05) is 12.1 Å². The fourth-order valence-electron chi connectivity index (χ4n) is 2.12. The van der Waals surface area contributed by atoms with E-state index in [0.717, 1.165) is 6.07 Å². The molecule has 1 aromatic carbocycles. The van der Waals surface area contributed by atoms with Gasteiger partial charge in [-0.15, -0.1) is 0 Å². The van der Waals surface area contributed by atoms with Gasteiger partial charge in [-0.2, -0.15) is 0 Å². The van der Waals surface area contributed by atoms with Crippen molar-refractivity contribution in [3.05, 3.63) is 35.4 Å². The van der Waals surface area contributed by atoms with Crippen LogP contribution in [-0.4, -0.2) is 29.7 Å². The van der Waals surface area contributed by atoms with E-state index in [0.29, 0.717) is 13.0 Å². The van der Waals surface area contributed by atoms with Crippen molar-refractivity contribution in [1.82, 2.24) is 4.90 Å². The van der Waals surface area contributed by atoms with Gasteiger partial charge in [0.1, 0.15) is 0 Å². The van der Waals surface area contributed by atoms with Crippen LogP contribution >= 0.6 is 0 Å². The summed E-state index contributed by atoms with van der Waals surface area (Å²) < 4.78 is 26.5. The molecule has 1 heterocycles. The summed E-state index contributed by atoms with van der Waals surface area (Å²) in [5.74, 6) is -1.71. The number of nitrogens with zero attached hydrogens (tertiary/aromatic N) is 1. The molecule has 1 N–H and O–H groups in total. The number of likely N-dealkylation sites (N-methyl/N-ethyl adjacent to an activating group) is 1. The molecule has 0 amide bonds. The van der Waals surface area contributed by atoms with Crippen molar-refractivity contribution in [1.29, 1.82) is 0 Å². The zero-order valence-electron chi connectivity index (χ0n) is 8.45. The van der Waals surface area contributed by atoms with E-state index < -0.39 is 23.8 Å². The van der Waals surface area contributed by atoms with Crippen LogP contribution in [0.2, 0.25) is 0 Å². The SMILES string of the molecule is CN1CCC(O)C1c1cccc(F)c1F. The molecular formula is C11H13F2NO. The van der Waals surface area contributed by atoms with E-state index in [1.165, 1.54) is 12.1 Å². The third kappa shape index (κ3) is 1.75. The molecule has 82 valence electrons. The highest BCUT2D eigenvalue weighted by Gasteiger charge is 2.33. The Labute approximate surface area is 87.1 Å². The molecule has 0 aromatic heterocycles. The van der Waals surface area contributed by atoms with Crippen molar-refractivity contribution < 1.29 is 13.9 Å². The summed E-state index contributed by atoms with van der Waals surface area (Å²) >= 11 is 0. The molecule has 1 fully saturated rings. The minimum Gasteiger partial charge on any atom is -0.391 e. The lowest BCUT2D eigenvalue weighted by Crippen LogP contribution is -2.24. The quantitative estimate of drug-likeness (QED) is 0.767. The van der Waals surface area contributed by atoms with Crippen molar-refractivity contribution in [2.45, 2.75) is 18.6 Å². The largest absolute Gasteiger partial charge is 0.391 e. The van der Waals surface area contributed by atoms with E-state index in [4.69, 9.17) is 0 Å². The Morgan fingerprint density at radius 2 is 2.13 bits per heavy atom. The van der Waals surface area contributed by atoms with Crippen LogP contribution in [0.15, 0.2) is 18.2 Å². The predicted molar refractivity (Wildman–Crippen MR) is 52.4 cm³/mol. The number of benzene rings is 1. The fourth-order valence-corrected chi connectivity index (χ4v) is 2.12. The maximum absolute atomic E-state index is 13.5. The predicted octanol–water partition coefficient (Wildman–Crippen LogP) is 1.70. The minimum atomic E-state index is -0.861. The first-order valence-electron chi connectivity index (χ1n) is 4.93. The van der Waals surface area contributed by atoms with Crippen molar-refractivity contribution >= 4 is 0 Å². The molecular weight excluding hydrogens is 200 g/mol. The van der Waals surface area contributed by atoms with Gasteiger partial charge < -0.3 is 5.11 Å². The van der Waals surface area contributed by atoms with E-state index >= 15 is 0 Å². The molecule has 0 saturated carbocycles. The highest BCUT2D eigenvalue weighted by atomic mass is 19.2. The van der Waals surface area contributed by atoms with Gasteiger partial charge >= 0.3 is 0 Å². The van der Waals surface area contributed by atoms with Gasteiger partial charge in [-0.25, -0.2) is 8.78 Å². The van der Waals surface area contributed by atoms with Gasteiger partial charge in [0.2, 0.25) is 0 Å². The van der Waals surface area contributed by atoms with Crippen molar-refractivity contribution in [3.63, 3.8) is 0 Å². The standard InChI is InChI=1S/C11H13F2NO/c1-14-6-5-9(15)11(14)7-3-2-4-8(12)10(7)13/h2-4,9,11,15H,5-6H2,1H3. The second kappa shape index (κ2) is 3.87. The number of aliphatic hydroxyl groups is 1.